The van der Waals surface area contributed by atoms with Crippen molar-refractivity contribution in [2.45, 2.75) is 199 Å². The number of ether oxygens (including phenoxy) is 2. The molecule has 3 unspecified atom stereocenters. The predicted molar refractivity (Wildman–Crippen MR) is 237 cm³/mol. The summed E-state index contributed by atoms with van der Waals surface area (Å²) in [6.07, 6.45) is 50.3. The number of carbonyl (C=O) groups is 1. The number of phosphoric ester groups is 1. The van der Waals surface area contributed by atoms with Gasteiger partial charge in [0, 0.05) is 13.0 Å². The lowest BCUT2D eigenvalue weighted by Gasteiger charge is -2.20. The average Bonchev–Trinajstić information content (AvgIpc) is 3.20. The molecular formula is C47H85O9P. The summed E-state index contributed by atoms with van der Waals surface area (Å²) in [5.41, 5.74) is 0. The fourth-order valence-corrected chi connectivity index (χ4v) is 6.82. The zero-order valence-electron chi connectivity index (χ0n) is 36.3. The van der Waals surface area contributed by atoms with Crippen LogP contribution in [0.4, 0.5) is 0 Å². The second kappa shape index (κ2) is 43.7. The first-order valence-electron chi connectivity index (χ1n) is 22.8. The van der Waals surface area contributed by atoms with E-state index >= 15 is 0 Å². The Morgan fingerprint density at radius 2 is 1.00 bits per heavy atom. The van der Waals surface area contributed by atoms with E-state index in [1.807, 2.05) is 0 Å². The zero-order chi connectivity index (χ0) is 41.8. The molecule has 332 valence electrons. The topological polar surface area (TPSA) is 132 Å². The van der Waals surface area contributed by atoms with Gasteiger partial charge in [0.15, 0.2) is 0 Å². The summed E-state index contributed by atoms with van der Waals surface area (Å²) in [6.45, 7) is 3.39. The van der Waals surface area contributed by atoms with Crippen LogP contribution in [0.15, 0.2) is 60.8 Å². The third-order valence-electron chi connectivity index (χ3n) is 9.47. The highest BCUT2D eigenvalue weighted by Crippen LogP contribution is 2.43. The normalized spacial score (nSPS) is 14.5. The fourth-order valence-electron chi connectivity index (χ4n) is 6.03. The lowest BCUT2D eigenvalue weighted by atomic mass is 10.0. The molecule has 0 aromatic carbocycles. The largest absolute Gasteiger partial charge is 0.472 e. The van der Waals surface area contributed by atoms with Crippen LogP contribution in [0.25, 0.3) is 0 Å². The number of rotatable bonds is 43. The van der Waals surface area contributed by atoms with Gasteiger partial charge in [0.05, 0.1) is 26.4 Å². The fraction of sp³-hybridized carbons (Fsp3) is 0.766. The van der Waals surface area contributed by atoms with Gasteiger partial charge >= 0.3 is 13.8 Å². The average molecular weight is 825 g/mol. The Morgan fingerprint density at radius 3 is 1.51 bits per heavy atom. The summed E-state index contributed by atoms with van der Waals surface area (Å²) in [6, 6.07) is 0. The molecule has 0 rings (SSSR count). The predicted octanol–water partition coefficient (Wildman–Crippen LogP) is 12.8. The van der Waals surface area contributed by atoms with Crippen LogP contribution in [0.5, 0.6) is 0 Å². The highest BCUT2D eigenvalue weighted by Gasteiger charge is 2.26. The Hall–Kier alpha value is -1.84. The molecule has 57 heavy (non-hydrogen) atoms. The number of unbranched alkanes of at least 4 members (excludes halogenated alkanes) is 19. The molecule has 0 saturated heterocycles. The van der Waals surface area contributed by atoms with Gasteiger partial charge in [-0.1, -0.05) is 184 Å². The minimum absolute atomic E-state index is 0.0411. The maximum absolute atomic E-state index is 12.6. The number of aliphatic hydroxyl groups excluding tert-OH is 2. The van der Waals surface area contributed by atoms with Gasteiger partial charge in [-0.2, -0.15) is 0 Å². The first kappa shape index (κ1) is 55.2. The molecule has 0 aliphatic rings. The Balaban J connectivity index is 4.19. The SMILES string of the molecule is CC/C=C\C/C=C\C/C=C\C/C=C\C/C=C\CCCCCCCC(=O)OC(COCCCCCCCCCCCCCCCCC)COP(=O)(O)OCC(O)CO. The molecule has 0 amide bonds. The lowest BCUT2D eigenvalue weighted by molar-refractivity contribution is -0.154. The molecule has 3 N–H and O–H groups in total. The van der Waals surface area contributed by atoms with Gasteiger partial charge in [-0.3, -0.25) is 13.8 Å². The van der Waals surface area contributed by atoms with Gasteiger partial charge in [-0.15, -0.1) is 0 Å². The molecule has 10 heteroatoms. The molecule has 0 aromatic heterocycles. The van der Waals surface area contributed by atoms with Crippen LogP contribution in [0.1, 0.15) is 187 Å². The van der Waals surface area contributed by atoms with Crippen molar-refractivity contribution in [2.75, 3.05) is 33.0 Å². The number of esters is 1. The molecule has 9 nitrogen and oxygen atoms in total. The molecule has 0 spiro atoms. The van der Waals surface area contributed by atoms with Crippen molar-refractivity contribution in [3.8, 4) is 0 Å². The van der Waals surface area contributed by atoms with Crippen molar-refractivity contribution in [1.29, 1.82) is 0 Å². The third kappa shape index (κ3) is 43.6. The first-order valence-corrected chi connectivity index (χ1v) is 24.3. The van der Waals surface area contributed by atoms with Crippen LogP contribution in [0.2, 0.25) is 0 Å². The Kier molecular flexibility index (Phi) is 42.3. The number of hydrogen-bond acceptors (Lipinski definition) is 8. The minimum atomic E-state index is -4.53. The van der Waals surface area contributed by atoms with E-state index in [0.717, 1.165) is 83.5 Å². The van der Waals surface area contributed by atoms with E-state index in [0.29, 0.717) is 13.0 Å². The van der Waals surface area contributed by atoms with E-state index in [1.54, 1.807) is 0 Å². The summed E-state index contributed by atoms with van der Waals surface area (Å²) in [5, 5.41) is 18.4. The van der Waals surface area contributed by atoms with E-state index in [2.05, 4.69) is 74.6 Å². The second-order valence-corrected chi connectivity index (χ2v) is 16.5. The summed E-state index contributed by atoms with van der Waals surface area (Å²) in [5.74, 6) is -0.401. The van der Waals surface area contributed by atoms with Crippen LogP contribution < -0.4 is 0 Å². The minimum Gasteiger partial charge on any atom is -0.457 e. The van der Waals surface area contributed by atoms with E-state index in [9.17, 15) is 19.4 Å². The van der Waals surface area contributed by atoms with Crippen LogP contribution in [0, 0.1) is 0 Å². The first-order chi connectivity index (χ1) is 27.8. The monoisotopic (exact) mass is 825 g/mol. The molecule has 0 aliphatic heterocycles. The molecule has 0 heterocycles. The van der Waals surface area contributed by atoms with Gasteiger partial charge in [0.1, 0.15) is 12.2 Å². The van der Waals surface area contributed by atoms with Crippen molar-refractivity contribution < 1.29 is 43.0 Å². The molecular weight excluding hydrogens is 739 g/mol. The van der Waals surface area contributed by atoms with E-state index < -0.39 is 39.2 Å². The summed E-state index contributed by atoms with van der Waals surface area (Å²) >= 11 is 0. The van der Waals surface area contributed by atoms with Crippen LogP contribution in [0.3, 0.4) is 0 Å². The number of aliphatic hydroxyl groups is 2. The Morgan fingerprint density at radius 1 is 0.561 bits per heavy atom. The Labute approximate surface area is 349 Å². The van der Waals surface area contributed by atoms with Crippen molar-refractivity contribution in [3.63, 3.8) is 0 Å². The summed E-state index contributed by atoms with van der Waals surface area (Å²) in [7, 11) is -4.53. The standard InChI is InChI=1S/C47H85O9P/c1-3-5-7-9-11-13-15-17-19-20-21-22-23-24-25-27-29-31-33-35-37-39-47(50)56-46(44-55-57(51,52)54-42-45(49)41-48)43-53-40-38-36-34-32-30-28-26-18-16-14-12-10-8-6-4-2/h5,7,11,13,17,19,21-22,24-25,45-46,48-49H,3-4,6,8-10,12,14-16,18,20,23,26-44H2,1-2H3,(H,51,52)/b7-5-,13-11-,19-17-,22-21-,25-24-. The molecule has 3 atom stereocenters. The zero-order valence-corrected chi connectivity index (χ0v) is 37.2. The Bertz CT molecular complexity index is 1070. The van der Waals surface area contributed by atoms with Gasteiger partial charge in [-0.05, 0) is 57.8 Å². The molecule has 0 radical (unpaired) electrons. The van der Waals surface area contributed by atoms with Gasteiger partial charge < -0.3 is 24.6 Å². The molecule has 0 aliphatic carbocycles. The van der Waals surface area contributed by atoms with Crippen molar-refractivity contribution >= 4 is 13.8 Å². The van der Waals surface area contributed by atoms with Gasteiger partial charge in [-0.25, -0.2) is 4.57 Å². The van der Waals surface area contributed by atoms with Gasteiger partial charge in [0.25, 0.3) is 0 Å². The summed E-state index contributed by atoms with van der Waals surface area (Å²) in [4.78, 5) is 22.6. The van der Waals surface area contributed by atoms with E-state index in [4.69, 9.17) is 23.6 Å². The quantitative estimate of drug-likeness (QED) is 0.0238. The molecule has 0 bridgehead atoms. The summed E-state index contributed by atoms with van der Waals surface area (Å²) < 4.78 is 33.4. The van der Waals surface area contributed by atoms with Gasteiger partial charge in [0.2, 0.25) is 0 Å². The highest BCUT2D eigenvalue weighted by atomic mass is 31.2. The maximum atomic E-state index is 12.6. The third-order valence-corrected chi connectivity index (χ3v) is 10.4. The highest BCUT2D eigenvalue weighted by molar-refractivity contribution is 7.47. The van der Waals surface area contributed by atoms with Crippen molar-refractivity contribution in [1.82, 2.24) is 0 Å². The van der Waals surface area contributed by atoms with Crippen LogP contribution in [-0.4, -0.2) is 66.3 Å². The van der Waals surface area contributed by atoms with E-state index in [1.165, 1.54) is 77.0 Å². The number of carbonyl (C=O) groups excluding carboxylic acids is 1. The molecule has 0 saturated carbocycles. The van der Waals surface area contributed by atoms with Crippen molar-refractivity contribution in [2.24, 2.45) is 0 Å². The van der Waals surface area contributed by atoms with Crippen LogP contribution >= 0.6 is 7.82 Å². The van der Waals surface area contributed by atoms with Crippen LogP contribution in [-0.2, 0) is 27.9 Å². The number of hydrogen-bond donors (Lipinski definition) is 3. The number of phosphoric acid groups is 1. The molecule has 0 aromatic rings. The lowest BCUT2D eigenvalue weighted by Crippen LogP contribution is -2.29. The number of allylic oxidation sites excluding steroid dienone is 10. The second-order valence-electron chi connectivity index (χ2n) is 15.0. The smallest absolute Gasteiger partial charge is 0.457 e. The maximum Gasteiger partial charge on any atom is 0.472 e. The van der Waals surface area contributed by atoms with E-state index in [-0.39, 0.29) is 19.6 Å². The van der Waals surface area contributed by atoms with Crippen molar-refractivity contribution in [3.05, 3.63) is 60.8 Å². The molecule has 0 fully saturated rings.